The van der Waals surface area contributed by atoms with Gasteiger partial charge in [-0.25, -0.2) is 9.97 Å². The average Bonchev–Trinajstić information content (AvgIpc) is 2.35. The molecule has 0 fully saturated rings. The minimum Gasteiger partial charge on any atom is -0.393 e. The van der Waals surface area contributed by atoms with Crippen molar-refractivity contribution in [1.82, 2.24) is 9.97 Å². The summed E-state index contributed by atoms with van der Waals surface area (Å²) in [6.07, 6.45) is 1.34. The number of nitrogens with zero attached hydrogens (tertiary/aromatic N) is 4. The van der Waals surface area contributed by atoms with Crippen LogP contribution in [0.3, 0.4) is 0 Å². The first-order chi connectivity index (χ1) is 8.97. The molecule has 1 aromatic rings. The Balaban J connectivity index is 3.04. The standard InChI is InChI=1S/C11H19N5O3/c1-4-12-10-9(16(18)19)11(14-7-13-10)15(3)6-5-8(2)17/h7-8,17H,4-6H2,1-3H3,(H,12,13,14). The van der Waals surface area contributed by atoms with Gasteiger partial charge in [-0.15, -0.1) is 0 Å². The monoisotopic (exact) mass is 269 g/mol. The molecule has 0 spiro atoms. The average molecular weight is 269 g/mol. The first-order valence-corrected chi connectivity index (χ1v) is 6.09. The van der Waals surface area contributed by atoms with Crippen molar-refractivity contribution in [2.75, 3.05) is 30.4 Å². The highest BCUT2D eigenvalue weighted by Crippen LogP contribution is 2.30. The van der Waals surface area contributed by atoms with Crippen LogP contribution in [0.4, 0.5) is 17.3 Å². The van der Waals surface area contributed by atoms with Crippen LogP contribution in [-0.4, -0.2) is 46.2 Å². The van der Waals surface area contributed by atoms with Gasteiger partial charge in [0.05, 0.1) is 11.0 Å². The van der Waals surface area contributed by atoms with Crippen molar-refractivity contribution in [2.24, 2.45) is 0 Å². The molecule has 0 bridgehead atoms. The fourth-order valence-corrected chi connectivity index (χ4v) is 1.60. The topological polar surface area (TPSA) is 104 Å². The molecule has 0 aliphatic heterocycles. The molecular formula is C11H19N5O3. The van der Waals surface area contributed by atoms with E-state index < -0.39 is 11.0 Å². The van der Waals surface area contributed by atoms with Crippen LogP contribution in [-0.2, 0) is 0 Å². The van der Waals surface area contributed by atoms with Gasteiger partial charge in [0.25, 0.3) is 0 Å². The molecule has 0 saturated carbocycles. The zero-order valence-electron chi connectivity index (χ0n) is 11.3. The van der Waals surface area contributed by atoms with E-state index in [0.717, 1.165) is 0 Å². The Morgan fingerprint density at radius 2 is 2.26 bits per heavy atom. The second-order valence-electron chi connectivity index (χ2n) is 4.24. The lowest BCUT2D eigenvalue weighted by Crippen LogP contribution is -2.24. The Morgan fingerprint density at radius 1 is 1.58 bits per heavy atom. The Morgan fingerprint density at radius 3 is 2.79 bits per heavy atom. The summed E-state index contributed by atoms with van der Waals surface area (Å²) < 4.78 is 0. The molecule has 1 heterocycles. The summed E-state index contributed by atoms with van der Waals surface area (Å²) in [6.45, 7) is 4.52. The first kappa shape index (κ1) is 15.1. The van der Waals surface area contributed by atoms with Gasteiger partial charge in [0, 0.05) is 20.1 Å². The number of nitrogens with one attached hydrogen (secondary N) is 1. The summed E-state index contributed by atoms with van der Waals surface area (Å²) in [7, 11) is 1.70. The number of aromatic nitrogens is 2. The predicted octanol–water partition coefficient (Wildman–Crippen LogP) is 1.02. The number of hydrogen-bond acceptors (Lipinski definition) is 7. The Bertz CT molecular complexity index is 438. The van der Waals surface area contributed by atoms with Gasteiger partial charge in [-0.3, -0.25) is 10.1 Å². The van der Waals surface area contributed by atoms with Crippen LogP contribution in [0, 0.1) is 10.1 Å². The molecule has 0 aromatic carbocycles. The molecule has 0 aliphatic carbocycles. The molecule has 0 amide bonds. The van der Waals surface area contributed by atoms with Crippen molar-refractivity contribution in [3.05, 3.63) is 16.4 Å². The molecule has 8 heteroatoms. The quantitative estimate of drug-likeness (QED) is 0.562. The Labute approximate surface area is 111 Å². The van der Waals surface area contributed by atoms with Gasteiger partial charge in [-0.1, -0.05) is 0 Å². The van der Waals surface area contributed by atoms with Crippen molar-refractivity contribution >= 4 is 17.3 Å². The smallest absolute Gasteiger partial charge is 0.353 e. The predicted molar refractivity (Wildman–Crippen MR) is 72.4 cm³/mol. The van der Waals surface area contributed by atoms with Gasteiger partial charge in [-0.2, -0.15) is 0 Å². The molecule has 0 saturated heterocycles. The van der Waals surface area contributed by atoms with Crippen LogP contribution in [0.15, 0.2) is 6.33 Å². The van der Waals surface area contributed by atoms with Crippen LogP contribution in [0.25, 0.3) is 0 Å². The maximum Gasteiger partial charge on any atom is 0.353 e. The van der Waals surface area contributed by atoms with Gasteiger partial charge in [-0.05, 0) is 20.3 Å². The molecule has 1 atom stereocenters. The maximum absolute atomic E-state index is 11.2. The summed E-state index contributed by atoms with van der Waals surface area (Å²) in [4.78, 5) is 20.2. The minimum atomic E-state index is -0.494. The van der Waals surface area contributed by atoms with E-state index in [0.29, 0.717) is 19.5 Å². The zero-order chi connectivity index (χ0) is 14.4. The molecule has 0 radical (unpaired) electrons. The highest BCUT2D eigenvalue weighted by Gasteiger charge is 2.25. The highest BCUT2D eigenvalue weighted by atomic mass is 16.6. The molecular weight excluding hydrogens is 250 g/mol. The molecule has 19 heavy (non-hydrogen) atoms. The van der Waals surface area contributed by atoms with Crippen molar-refractivity contribution in [2.45, 2.75) is 26.4 Å². The normalized spacial score (nSPS) is 12.0. The largest absolute Gasteiger partial charge is 0.393 e. The van der Waals surface area contributed by atoms with Gasteiger partial charge >= 0.3 is 5.69 Å². The highest BCUT2D eigenvalue weighted by molar-refractivity contribution is 5.69. The number of rotatable bonds is 7. The van der Waals surface area contributed by atoms with Crippen LogP contribution in [0.2, 0.25) is 0 Å². The van der Waals surface area contributed by atoms with Crippen LogP contribution >= 0.6 is 0 Å². The lowest BCUT2D eigenvalue weighted by atomic mass is 10.2. The number of aliphatic hydroxyl groups is 1. The third-order valence-electron chi connectivity index (χ3n) is 2.57. The van der Waals surface area contributed by atoms with E-state index in [1.165, 1.54) is 6.33 Å². The molecule has 1 aromatic heterocycles. The summed E-state index contributed by atoms with van der Waals surface area (Å²) >= 11 is 0. The third-order valence-corrected chi connectivity index (χ3v) is 2.57. The van der Waals surface area contributed by atoms with E-state index in [-0.39, 0.29) is 17.3 Å². The second-order valence-corrected chi connectivity index (χ2v) is 4.24. The van der Waals surface area contributed by atoms with Crippen molar-refractivity contribution in [1.29, 1.82) is 0 Å². The number of nitro groups is 1. The van der Waals surface area contributed by atoms with Crippen molar-refractivity contribution in [3.8, 4) is 0 Å². The molecule has 0 aliphatic rings. The van der Waals surface area contributed by atoms with Crippen LogP contribution in [0.5, 0.6) is 0 Å². The summed E-state index contributed by atoms with van der Waals surface area (Å²) in [5.74, 6) is 0.456. The lowest BCUT2D eigenvalue weighted by Gasteiger charge is -2.19. The fourth-order valence-electron chi connectivity index (χ4n) is 1.60. The summed E-state index contributed by atoms with van der Waals surface area (Å²) in [5, 5.41) is 23.3. The van der Waals surface area contributed by atoms with Gasteiger partial charge in [0.15, 0.2) is 0 Å². The minimum absolute atomic E-state index is 0.141. The molecule has 106 valence electrons. The van der Waals surface area contributed by atoms with E-state index in [4.69, 9.17) is 0 Å². The summed E-state index contributed by atoms with van der Waals surface area (Å²) in [5.41, 5.74) is -0.141. The third kappa shape index (κ3) is 4.02. The van der Waals surface area contributed by atoms with Crippen LogP contribution in [0.1, 0.15) is 20.3 Å². The van der Waals surface area contributed by atoms with Gasteiger partial charge < -0.3 is 15.3 Å². The van der Waals surface area contributed by atoms with E-state index in [1.54, 1.807) is 18.9 Å². The van der Waals surface area contributed by atoms with E-state index in [1.807, 2.05) is 6.92 Å². The van der Waals surface area contributed by atoms with Crippen molar-refractivity contribution < 1.29 is 10.0 Å². The molecule has 1 rings (SSSR count). The number of aliphatic hydroxyl groups excluding tert-OH is 1. The van der Waals surface area contributed by atoms with E-state index >= 15 is 0 Å². The zero-order valence-corrected chi connectivity index (χ0v) is 11.3. The Hall–Kier alpha value is -1.96. The van der Waals surface area contributed by atoms with E-state index in [9.17, 15) is 15.2 Å². The van der Waals surface area contributed by atoms with Crippen molar-refractivity contribution in [3.63, 3.8) is 0 Å². The van der Waals surface area contributed by atoms with Gasteiger partial charge in [0.2, 0.25) is 11.6 Å². The first-order valence-electron chi connectivity index (χ1n) is 6.09. The SMILES string of the molecule is CCNc1ncnc(N(C)CCC(C)O)c1[N+](=O)[O-]. The maximum atomic E-state index is 11.2. The van der Waals surface area contributed by atoms with Crippen LogP contribution < -0.4 is 10.2 Å². The van der Waals surface area contributed by atoms with E-state index in [2.05, 4.69) is 15.3 Å². The summed E-state index contributed by atoms with van der Waals surface area (Å²) in [6, 6.07) is 0. The molecule has 2 N–H and O–H groups in total. The lowest BCUT2D eigenvalue weighted by molar-refractivity contribution is -0.383. The Kier molecular flexibility index (Phi) is 5.43. The number of anilines is 2. The fraction of sp³-hybridized carbons (Fsp3) is 0.636. The molecule has 8 nitrogen and oxygen atoms in total. The number of hydrogen-bond donors (Lipinski definition) is 2. The second kappa shape index (κ2) is 6.83. The van der Waals surface area contributed by atoms with Gasteiger partial charge in [0.1, 0.15) is 6.33 Å². The molecule has 1 unspecified atom stereocenters.